The minimum atomic E-state index is -0.440. The van der Waals surface area contributed by atoms with Gasteiger partial charge in [0.2, 0.25) is 0 Å². The van der Waals surface area contributed by atoms with Crippen molar-refractivity contribution in [2.75, 3.05) is 12.4 Å². The number of H-pyrrole nitrogens is 1. The van der Waals surface area contributed by atoms with Crippen molar-refractivity contribution >= 4 is 16.8 Å². The molecule has 20 heavy (non-hydrogen) atoms. The number of hydrogen-bond donors (Lipinski definition) is 2. The minimum Gasteiger partial charge on any atom is -0.497 e. The molecule has 1 aromatic heterocycles. The summed E-state index contributed by atoms with van der Waals surface area (Å²) < 4.78 is 10.1. The third-order valence-electron chi connectivity index (χ3n) is 3.05. The molecule has 0 aliphatic heterocycles. The lowest BCUT2D eigenvalue weighted by molar-refractivity contribution is 0.414. The average molecular weight is 270 g/mol. The number of aromatic nitrogens is 1. The van der Waals surface area contributed by atoms with Crippen molar-refractivity contribution in [3.63, 3.8) is 0 Å². The summed E-state index contributed by atoms with van der Waals surface area (Å²) in [6, 6.07) is 13.3. The van der Waals surface area contributed by atoms with E-state index >= 15 is 0 Å². The Labute approximate surface area is 115 Å². The van der Waals surface area contributed by atoms with Gasteiger partial charge in [-0.15, -0.1) is 0 Å². The first-order valence-electron chi connectivity index (χ1n) is 6.24. The van der Waals surface area contributed by atoms with Gasteiger partial charge in [0.25, 0.3) is 0 Å². The Morgan fingerprint density at radius 2 is 2.15 bits per heavy atom. The molecule has 5 nitrogen and oxygen atoms in total. The van der Waals surface area contributed by atoms with Crippen molar-refractivity contribution in [3.8, 4) is 5.75 Å². The van der Waals surface area contributed by atoms with Crippen molar-refractivity contribution in [3.05, 3.63) is 58.6 Å². The highest BCUT2D eigenvalue weighted by Crippen LogP contribution is 2.18. The number of nitrogens with one attached hydrogen (secondary N) is 2. The molecule has 0 unspecified atom stereocenters. The second-order valence-corrected chi connectivity index (χ2v) is 4.43. The van der Waals surface area contributed by atoms with Gasteiger partial charge in [-0.05, 0) is 35.9 Å². The first-order chi connectivity index (χ1) is 9.74. The minimum absolute atomic E-state index is 0.440. The Morgan fingerprint density at radius 3 is 3.00 bits per heavy atom. The summed E-state index contributed by atoms with van der Waals surface area (Å²) in [6.07, 6.45) is 0. The molecule has 0 saturated heterocycles. The zero-order valence-electron chi connectivity index (χ0n) is 11.0. The highest BCUT2D eigenvalue weighted by atomic mass is 16.5. The lowest BCUT2D eigenvalue weighted by atomic mass is 10.2. The number of aromatic amines is 1. The number of anilines is 1. The van der Waals surface area contributed by atoms with Crippen LogP contribution in [0.15, 0.2) is 51.7 Å². The third-order valence-corrected chi connectivity index (χ3v) is 3.05. The SMILES string of the molecule is COc1cccc(CNc2ccc3oc(=O)[nH]c3c2)c1. The van der Waals surface area contributed by atoms with Gasteiger partial charge in [0.05, 0.1) is 12.6 Å². The summed E-state index contributed by atoms with van der Waals surface area (Å²) in [5, 5.41) is 3.29. The monoisotopic (exact) mass is 270 g/mol. The van der Waals surface area contributed by atoms with Gasteiger partial charge in [0.1, 0.15) is 5.75 Å². The number of methoxy groups -OCH3 is 1. The number of fused-ring (bicyclic) bond motifs is 1. The molecule has 2 N–H and O–H groups in total. The molecule has 0 atom stereocenters. The van der Waals surface area contributed by atoms with Gasteiger partial charge < -0.3 is 14.5 Å². The predicted octanol–water partition coefficient (Wildman–Crippen LogP) is 2.74. The van der Waals surface area contributed by atoms with E-state index in [2.05, 4.69) is 10.3 Å². The topological polar surface area (TPSA) is 67.3 Å². The zero-order chi connectivity index (χ0) is 13.9. The maximum atomic E-state index is 11.1. The molecule has 1 heterocycles. The maximum absolute atomic E-state index is 11.1. The molecule has 0 amide bonds. The quantitative estimate of drug-likeness (QED) is 0.765. The standard InChI is InChI=1S/C15H14N2O3/c1-19-12-4-2-3-10(7-12)9-16-11-5-6-14-13(8-11)17-15(18)20-14/h2-8,16H,9H2,1H3,(H,17,18). The summed E-state index contributed by atoms with van der Waals surface area (Å²) >= 11 is 0. The van der Waals surface area contributed by atoms with Crippen LogP contribution in [0.2, 0.25) is 0 Å². The highest BCUT2D eigenvalue weighted by Gasteiger charge is 2.02. The number of oxazole rings is 1. The van der Waals surface area contributed by atoms with Gasteiger partial charge in [0.15, 0.2) is 5.58 Å². The number of rotatable bonds is 4. The van der Waals surface area contributed by atoms with Crippen LogP contribution in [-0.4, -0.2) is 12.1 Å². The lowest BCUT2D eigenvalue weighted by Crippen LogP contribution is -1.99. The van der Waals surface area contributed by atoms with Crippen LogP contribution in [0, 0.1) is 0 Å². The summed E-state index contributed by atoms with van der Waals surface area (Å²) in [7, 11) is 1.65. The van der Waals surface area contributed by atoms with Gasteiger partial charge in [-0.1, -0.05) is 12.1 Å². The van der Waals surface area contributed by atoms with E-state index in [1.807, 2.05) is 36.4 Å². The number of benzene rings is 2. The average Bonchev–Trinajstić information content (AvgIpc) is 2.84. The molecule has 0 bridgehead atoms. The third kappa shape index (κ3) is 2.51. The normalized spacial score (nSPS) is 10.7. The highest BCUT2D eigenvalue weighted by molar-refractivity contribution is 5.76. The molecule has 0 aliphatic rings. The largest absolute Gasteiger partial charge is 0.497 e. The van der Waals surface area contributed by atoms with Crippen LogP contribution in [0.25, 0.3) is 11.1 Å². The molecule has 0 spiro atoms. The van der Waals surface area contributed by atoms with Crippen molar-refractivity contribution in [2.24, 2.45) is 0 Å². The molecule has 5 heteroatoms. The van der Waals surface area contributed by atoms with Crippen LogP contribution < -0.4 is 15.8 Å². The molecule has 0 radical (unpaired) electrons. The Morgan fingerprint density at radius 1 is 1.25 bits per heavy atom. The van der Waals surface area contributed by atoms with E-state index in [4.69, 9.17) is 9.15 Å². The molecule has 0 fully saturated rings. The maximum Gasteiger partial charge on any atom is 0.417 e. The Bertz CT molecular complexity index is 789. The predicted molar refractivity (Wildman–Crippen MR) is 77.2 cm³/mol. The fourth-order valence-corrected chi connectivity index (χ4v) is 2.05. The van der Waals surface area contributed by atoms with Crippen LogP contribution in [-0.2, 0) is 6.54 Å². The Kier molecular flexibility index (Phi) is 3.16. The van der Waals surface area contributed by atoms with Crippen LogP contribution in [0.1, 0.15) is 5.56 Å². The van der Waals surface area contributed by atoms with Crippen molar-refractivity contribution < 1.29 is 9.15 Å². The molecule has 0 aliphatic carbocycles. The van der Waals surface area contributed by atoms with Crippen LogP contribution in [0.5, 0.6) is 5.75 Å². The Balaban J connectivity index is 1.77. The fraction of sp³-hybridized carbons (Fsp3) is 0.133. The van der Waals surface area contributed by atoms with Gasteiger partial charge >= 0.3 is 5.76 Å². The Hall–Kier alpha value is -2.69. The van der Waals surface area contributed by atoms with Crippen molar-refractivity contribution in [1.82, 2.24) is 4.98 Å². The molecular weight excluding hydrogens is 256 g/mol. The van der Waals surface area contributed by atoms with E-state index in [0.29, 0.717) is 17.6 Å². The van der Waals surface area contributed by atoms with Crippen molar-refractivity contribution in [2.45, 2.75) is 6.54 Å². The van der Waals surface area contributed by atoms with Gasteiger partial charge in [0, 0.05) is 12.2 Å². The lowest BCUT2D eigenvalue weighted by Gasteiger charge is -2.07. The number of ether oxygens (including phenoxy) is 1. The molecule has 3 rings (SSSR count). The second-order valence-electron chi connectivity index (χ2n) is 4.43. The summed E-state index contributed by atoms with van der Waals surface area (Å²) in [5.41, 5.74) is 3.27. The number of hydrogen-bond acceptors (Lipinski definition) is 4. The fourth-order valence-electron chi connectivity index (χ4n) is 2.05. The van der Waals surface area contributed by atoms with Gasteiger partial charge in [-0.2, -0.15) is 0 Å². The van der Waals surface area contributed by atoms with Gasteiger partial charge in [-0.3, -0.25) is 4.98 Å². The van der Waals surface area contributed by atoms with Gasteiger partial charge in [-0.25, -0.2) is 4.79 Å². The van der Waals surface area contributed by atoms with E-state index in [0.717, 1.165) is 17.0 Å². The van der Waals surface area contributed by atoms with E-state index < -0.39 is 5.76 Å². The van der Waals surface area contributed by atoms with E-state index in [9.17, 15) is 4.79 Å². The van der Waals surface area contributed by atoms with Crippen LogP contribution in [0.4, 0.5) is 5.69 Å². The van der Waals surface area contributed by atoms with E-state index in [1.54, 1.807) is 13.2 Å². The molecule has 2 aromatic carbocycles. The first-order valence-corrected chi connectivity index (χ1v) is 6.24. The molecule has 102 valence electrons. The smallest absolute Gasteiger partial charge is 0.417 e. The summed E-state index contributed by atoms with van der Waals surface area (Å²) in [5.74, 6) is 0.392. The molecule has 3 aromatic rings. The van der Waals surface area contributed by atoms with E-state index in [1.165, 1.54) is 0 Å². The molecule has 0 saturated carbocycles. The summed E-state index contributed by atoms with van der Waals surface area (Å²) in [6.45, 7) is 0.671. The summed E-state index contributed by atoms with van der Waals surface area (Å²) in [4.78, 5) is 13.7. The van der Waals surface area contributed by atoms with E-state index in [-0.39, 0.29) is 0 Å². The second kappa shape index (κ2) is 5.13. The van der Waals surface area contributed by atoms with Crippen molar-refractivity contribution in [1.29, 1.82) is 0 Å². The van der Waals surface area contributed by atoms with Crippen LogP contribution in [0.3, 0.4) is 0 Å². The van der Waals surface area contributed by atoms with Crippen LogP contribution >= 0.6 is 0 Å². The molecular formula is C15H14N2O3. The zero-order valence-corrected chi connectivity index (χ0v) is 11.0. The first kappa shape index (κ1) is 12.3.